The molecule has 1 aliphatic rings. The lowest BCUT2D eigenvalue weighted by Crippen LogP contribution is -2.43. The molecule has 1 aliphatic carbocycles. The van der Waals surface area contributed by atoms with Gasteiger partial charge in [-0.15, -0.1) is 0 Å². The standard InChI is InChI=1S/C15H19F2NO2/c16-11-6-4-5-10(15(11)17)9-14(20)18-12-7-2-1-3-8-13(12)19/h4-6,12-13,19H,1-3,7-9H2,(H,18,20). The van der Waals surface area contributed by atoms with Gasteiger partial charge in [-0.2, -0.15) is 0 Å². The van der Waals surface area contributed by atoms with Crippen molar-refractivity contribution < 1.29 is 18.7 Å². The molecule has 0 radical (unpaired) electrons. The Morgan fingerprint density at radius 2 is 2.00 bits per heavy atom. The Hall–Kier alpha value is -1.49. The highest BCUT2D eigenvalue weighted by atomic mass is 19.2. The van der Waals surface area contributed by atoms with E-state index in [9.17, 15) is 18.7 Å². The number of rotatable bonds is 3. The van der Waals surface area contributed by atoms with Crippen molar-refractivity contribution in [2.75, 3.05) is 0 Å². The summed E-state index contributed by atoms with van der Waals surface area (Å²) in [6, 6.07) is 3.50. The van der Waals surface area contributed by atoms with E-state index in [1.165, 1.54) is 12.1 Å². The van der Waals surface area contributed by atoms with Crippen molar-refractivity contribution in [2.24, 2.45) is 0 Å². The molecule has 0 bridgehead atoms. The summed E-state index contributed by atoms with van der Waals surface area (Å²) in [6.07, 6.45) is 3.56. The monoisotopic (exact) mass is 283 g/mol. The number of hydrogen-bond donors (Lipinski definition) is 2. The summed E-state index contributed by atoms with van der Waals surface area (Å²) in [5.41, 5.74) is 0.0330. The molecular weight excluding hydrogens is 264 g/mol. The number of carbonyl (C=O) groups excluding carboxylic acids is 1. The predicted molar refractivity (Wildman–Crippen MR) is 71.1 cm³/mol. The number of halogens is 2. The summed E-state index contributed by atoms with van der Waals surface area (Å²) in [5.74, 6) is -2.32. The Kier molecular flexibility index (Phi) is 5.06. The van der Waals surface area contributed by atoms with Gasteiger partial charge in [0.05, 0.1) is 18.6 Å². The van der Waals surface area contributed by atoms with E-state index in [-0.39, 0.29) is 23.9 Å². The second kappa shape index (κ2) is 6.79. The Morgan fingerprint density at radius 1 is 1.25 bits per heavy atom. The van der Waals surface area contributed by atoms with Gasteiger partial charge in [0, 0.05) is 5.56 Å². The molecular formula is C15H19F2NO2. The van der Waals surface area contributed by atoms with Crippen LogP contribution >= 0.6 is 0 Å². The molecule has 1 saturated carbocycles. The normalized spacial score (nSPS) is 23.1. The first-order valence-electron chi connectivity index (χ1n) is 6.98. The van der Waals surface area contributed by atoms with E-state index in [4.69, 9.17) is 0 Å². The highest BCUT2D eigenvalue weighted by molar-refractivity contribution is 5.79. The van der Waals surface area contributed by atoms with Crippen molar-refractivity contribution in [1.29, 1.82) is 0 Å². The molecule has 0 aromatic heterocycles. The maximum atomic E-state index is 13.5. The molecule has 1 aromatic carbocycles. The smallest absolute Gasteiger partial charge is 0.224 e. The predicted octanol–water partition coefficient (Wildman–Crippen LogP) is 2.32. The van der Waals surface area contributed by atoms with Gasteiger partial charge in [-0.3, -0.25) is 4.79 Å². The fourth-order valence-electron chi connectivity index (χ4n) is 2.57. The first-order valence-corrected chi connectivity index (χ1v) is 6.98. The van der Waals surface area contributed by atoms with E-state index in [1.54, 1.807) is 0 Å². The van der Waals surface area contributed by atoms with Crippen LogP contribution in [-0.4, -0.2) is 23.2 Å². The van der Waals surface area contributed by atoms with Crippen LogP contribution in [0.5, 0.6) is 0 Å². The fraction of sp³-hybridized carbons (Fsp3) is 0.533. The van der Waals surface area contributed by atoms with Gasteiger partial charge in [-0.1, -0.05) is 31.4 Å². The number of benzene rings is 1. The minimum absolute atomic E-state index is 0.0330. The highest BCUT2D eigenvalue weighted by Crippen LogP contribution is 2.18. The number of aliphatic hydroxyl groups excluding tert-OH is 1. The molecule has 2 N–H and O–H groups in total. The first kappa shape index (κ1) is 14.9. The zero-order valence-corrected chi connectivity index (χ0v) is 11.2. The van der Waals surface area contributed by atoms with Crippen LogP contribution in [0.1, 0.15) is 37.7 Å². The lowest BCUT2D eigenvalue weighted by atomic mass is 10.1. The largest absolute Gasteiger partial charge is 0.391 e. The molecule has 1 amide bonds. The Balaban J connectivity index is 1.96. The van der Waals surface area contributed by atoms with E-state index in [0.717, 1.165) is 31.7 Å². The Labute approximate surface area is 117 Å². The van der Waals surface area contributed by atoms with Gasteiger partial charge in [-0.25, -0.2) is 8.78 Å². The summed E-state index contributed by atoms with van der Waals surface area (Å²) in [5, 5.41) is 12.6. The lowest BCUT2D eigenvalue weighted by molar-refractivity contribution is -0.122. The van der Waals surface area contributed by atoms with Gasteiger partial charge in [0.1, 0.15) is 0 Å². The van der Waals surface area contributed by atoms with Gasteiger partial charge in [0.15, 0.2) is 11.6 Å². The summed E-state index contributed by atoms with van der Waals surface area (Å²) in [4.78, 5) is 11.9. The third-order valence-electron chi connectivity index (χ3n) is 3.71. The topological polar surface area (TPSA) is 49.3 Å². The van der Waals surface area contributed by atoms with Gasteiger partial charge < -0.3 is 10.4 Å². The molecule has 1 aromatic rings. The molecule has 0 aliphatic heterocycles. The van der Waals surface area contributed by atoms with Crippen LogP contribution in [0.3, 0.4) is 0 Å². The molecule has 2 unspecified atom stereocenters. The van der Waals surface area contributed by atoms with Crippen LogP contribution in [0.4, 0.5) is 8.78 Å². The molecule has 0 spiro atoms. The SMILES string of the molecule is O=C(Cc1cccc(F)c1F)NC1CCCCCC1O. The second-order valence-electron chi connectivity index (χ2n) is 5.27. The quantitative estimate of drug-likeness (QED) is 0.836. The van der Waals surface area contributed by atoms with E-state index in [2.05, 4.69) is 5.32 Å². The van der Waals surface area contributed by atoms with E-state index in [0.29, 0.717) is 6.42 Å². The summed E-state index contributed by atoms with van der Waals surface area (Å²) >= 11 is 0. The third-order valence-corrected chi connectivity index (χ3v) is 3.71. The zero-order chi connectivity index (χ0) is 14.5. The molecule has 20 heavy (non-hydrogen) atoms. The molecule has 2 rings (SSSR count). The average molecular weight is 283 g/mol. The minimum atomic E-state index is -0.982. The minimum Gasteiger partial charge on any atom is -0.391 e. The highest BCUT2D eigenvalue weighted by Gasteiger charge is 2.23. The van der Waals surface area contributed by atoms with Gasteiger partial charge in [0.2, 0.25) is 5.91 Å². The third kappa shape index (κ3) is 3.76. The molecule has 5 heteroatoms. The second-order valence-corrected chi connectivity index (χ2v) is 5.27. The van der Waals surface area contributed by atoms with Crippen LogP contribution in [0.25, 0.3) is 0 Å². The fourth-order valence-corrected chi connectivity index (χ4v) is 2.57. The zero-order valence-electron chi connectivity index (χ0n) is 11.2. The van der Waals surface area contributed by atoms with Crippen molar-refractivity contribution in [3.63, 3.8) is 0 Å². The van der Waals surface area contributed by atoms with Gasteiger partial charge >= 0.3 is 0 Å². The van der Waals surface area contributed by atoms with E-state index >= 15 is 0 Å². The summed E-state index contributed by atoms with van der Waals surface area (Å²) in [7, 11) is 0. The lowest BCUT2D eigenvalue weighted by Gasteiger charge is -2.21. The van der Waals surface area contributed by atoms with Crippen LogP contribution in [0, 0.1) is 11.6 Å². The number of amides is 1. The van der Waals surface area contributed by atoms with E-state index < -0.39 is 17.7 Å². The first-order chi connectivity index (χ1) is 9.58. The van der Waals surface area contributed by atoms with Crippen molar-refractivity contribution in [3.05, 3.63) is 35.4 Å². The number of hydrogen-bond acceptors (Lipinski definition) is 2. The number of aliphatic hydroxyl groups is 1. The Bertz CT molecular complexity index is 479. The van der Waals surface area contributed by atoms with Gasteiger partial charge in [0.25, 0.3) is 0 Å². The molecule has 0 saturated heterocycles. The average Bonchev–Trinajstić information content (AvgIpc) is 2.61. The van der Waals surface area contributed by atoms with Gasteiger partial charge in [-0.05, 0) is 18.9 Å². The van der Waals surface area contributed by atoms with E-state index in [1.807, 2.05) is 0 Å². The molecule has 1 fully saturated rings. The van der Waals surface area contributed by atoms with Crippen LogP contribution in [0.15, 0.2) is 18.2 Å². The van der Waals surface area contributed by atoms with Crippen LogP contribution in [-0.2, 0) is 11.2 Å². The maximum Gasteiger partial charge on any atom is 0.224 e. The summed E-state index contributed by atoms with van der Waals surface area (Å²) in [6.45, 7) is 0. The number of nitrogens with one attached hydrogen (secondary N) is 1. The van der Waals surface area contributed by atoms with Crippen molar-refractivity contribution >= 4 is 5.91 Å². The Morgan fingerprint density at radius 3 is 2.80 bits per heavy atom. The van der Waals surface area contributed by atoms with Crippen molar-refractivity contribution in [3.8, 4) is 0 Å². The van der Waals surface area contributed by atoms with Crippen molar-refractivity contribution in [2.45, 2.75) is 50.7 Å². The summed E-state index contributed by atoms with van der Waals surface area (Å²) < 4.78 is 26.5. The maximum absolute atomic E-state index is 13.5. The number of carbonyl (C=O) groups is 1. The van der Waals surface area contributed by atoms with Crippen molar-refractivity contribution in [1.82, 2.24) is 5.32 Å². The molecule has 3 nitrogen and oxygen atoms in total. The van der Waals surface area contributed by atoms with Crippen LogP contribution in [0.2, 0.25) is 0 Å². The molecule has 110 valence electrons. The molecule has 2 atom stereocenters. The molecule has 0 heterocycles. The van der Waals surface area contributed by atoms with Crippen LogP contribution < -0.4 is 5.32 Å².